The van der Waals surface area contributed by atoms with Crippen molar-refractivity contribution in [3.8, 4) is 0 Å². The highest BCUT2D eigenvalue weighted by Gasteiger charge is 2.20. The van der Waals surface area contributed by atoms with Gasteiger partial charge in [-0.15, -0.1) is 4.83 Å². The number of hydrogen-bond donors (Lipinski definition) is 2. The standard InChI is InChI=1S/C12H21N3O2S/c1-5-9-7-11(13)10(6-2)12(8-9)18(16,17)14-15(3)4/h7-8,14H,5-6,13H2,1-4H3. The molecule has 0 aliphatic rings. The summed E-state index contributed by atoms with van der Waals surface area (Å²) in [6, 6.07) is 3.54. The van der Waals surface area contributed by atoms with E-state index in [1.165, 1.54) is 5.01 Å². The van der Waals surface area contributed by atoms with E-state index >= 15 is 0 Å². The lowest BCUT2D eigenvalue weighted by molar-refractivity contribution is 0.364. The van der Waals surface area contributed by atoms with Crippen LogP contribution in [0.3, 0.4) is 0 Å². The molecule has 1 aromatic rings. The topological polar surface area (TPSA) is 75.4 Å². The van der Waals surface area contributed by atoms with Gasteiger partial charge in [0.15, 0.2) is 0 Å². The fraction of sp³-hybridized carbons (Fsp3) is 0.500. The van der Waals surface area contributed by atoms with Crippen LogP contribution in [0.2, 0.25) is 0 Å². The van der Waals surface area contributed by atoms with E-state index in [1.807, 2.05) is 19.9 Å². The largest absolute Gasteiger partial charge is 0.398 e. The van der Waals surface area contributed by atoms with Crippen LogP contribution in [-0.2, 0) is 22.9 Å². The molecule has 0 aromatic heterocycles. The average molecular weight is 271 g/mol. The van der Waals surface area contributed by atoms with E-state index in [1.54, 1.807) is 20.2 Å². The lowest BCUT2D eigenvalue weighted by Crippen LogP contribution is -2.36. The Balaban J connectivity index is 3.42. The number of hydrogen-bond acceptors (Lipinski definition) is 4. The van der Waals surface area contributed by atoms with Gasteiger partial charge >= 0.3 is 0 Å². The van der Waals surface area contributed by atoms with Gasteiger partial charge in [0, 0.05) is 19.8 Å². The molecule has 0 saturated heterocycles. The first-order chi connectivity index (χ1) is 8.31. The van der Waals surface area contributed by atoms with Crippen LogP contribution in [-0.4, -0.2) is 27.5 Å². The molecule has 0 spiro atoms. The minimum absolute atomic E-state index is 0.274. The Morgan fingerprint density at radius 1 is 1.22 bits per heavy atom. The van der Waals surface area contributed by atoms with Crippen molar-refractivity contribution in [3.63, 3.8) is 0 Å². The van der Waals surface area contributed by atoms with Gasteiger partial charge in [-0.1, -0.05) is 13.8 Å². The van der Waals surface area contributed by atoms with E-state index in [9.17, 15) is 8.42 Å². The second-order valence-electron chi connectivity index (χ2n) is 4.36. The molecule has 0 heterocycles. The quantitative estimate of drug-likeness (QED) is 0.622. The predicted molar refractivity (Wildman–Crippen MR) is 73.6 cm³/mol. The van der Waals surface area contributed by atoms with Gasteiger partial charge in [-0.05, 0) is 36.1 Å². The Morgan fingerprint density at radius 3 is 2.28 bits per heavy atom. The predicted octanol–water partition coefficient (Wildman–Crippen LogP) is 1.15. The van der Waals surface area contributed by atoms with Crippen LogP contribution in [0.25, 0.3) is 0 Å². The molecule has 0 aliphatic carbocycles. The second-order valence-corrected chi connectivity index (χ2v) is 5.99. The molecule has 0 fully saturated rings. The molecule has 6 heteroatoms. The van der Waals surface area contributed by atoms with Crippen LogP contribution in [0.15, 0.2) is 17.0 Å². The number of nitrogens with zero attached hydrogens (tertiary/aromatic N) is 1. The lowest BCUT2D eigenvalue weighted by Gasteiger charge is -2.17. The maximum absolute atomic E-state index is 12.2. The Bertz CT molecular complexity index is 524. The summed E-state index contributed by atoms with van der Waals surface area (Å²) in [5.74, 6) is 0. The highest BCUT2D eigenvalue weighted by molar-refractivity contribution is 7.89. The van der Waals surface area contributed by atoms with Crippen LogP contribution in [0.4, 0.5) is 5.69 Å². The third kappa shape index (κ3) is 3.22. The Kier molecular flexibility index (Phi) is 4.72. The Labute approximate surface area is 109 Å². The van der Waals surface area contributed by atoms with E-state index in [4.69, 9.17) is 5.73 Å². The Morgan fingerprint density at radius 2 is 1.83 bits per heavy atom. The van der Waals surface area contributed by atoms with Crippen molar-refractivity contribution >= 4 is 15.7 Å². The summed E-state index contributed by atoms with van der Waals surface area (Å²) in [5, 5.41) is 1.41. The number of nitrogen functional groups attached to an aromatic ring is 1. The van der Waals surface area contributed by atoms with Crippen molar-refractivity contribution in [2.45, 2.75) is 31.6 Å². The lowest BCUT2D eigenvalue weighted by atomic mass is 10.1. The van der Waals surface area contributed by atoms with Gasteiger partial charge in [-0.25, -0.2) is 13.4 Å². The van der Waals surface area contributed by atoms with Gasteiger partial charge in [0.25, 0.3) is 10.0 Å². The summed E-state index contributed by atoms with van der Waals surface area (Å²) in [7, 11) is -0.291. The van der Waals surface area contributed by atoms with E-state index in [2.05, 4.69) is 4.83 Å². The number of benzene rings is 1. The van der Waals surface area contributed by atoms with Crippen LogP contribution in [0.1, 0.15) is 25.0 Å². The molecule has 0 atom stereocenters. The molecule has 0 aliphatic heterocycles. The first-order valence-electron chi connectivity index (χ1n) is 5.92. The smallest absolute Gasteiger partial charge is 0.253 e. The maximum Gasteiger partial charge on any atom is 0.253 e. The van der Waals surface area contributed by atoms with Crippen molar-refractivity contribution < 1.29 is 8.42 Å². The normalized spacial score (nSPS) is 12.1. The van der Waals surface area contributed by atoms with E-state index in [-0.39, 0.29) is 4.90 Å². The summed E-state index contributed by atoms with van der Waals surface area (Å²) in [6.07, 6.45) is 1.33. The van der Waals surface area contributed by atoms with E-state index in [0.29, 0.717) is 17.7 Å². The summed E-state index contributed by atoms with van der Waals surface area (Å²) in [4.78, 5) is 2.71. The fourth-order valence-electron chi connectivity index (χ4n) is 1.84. The van der Waals surface area contributed by atoms with Crippen molar-refractivity contribution in [1.29, 1.82) is 0 Å². The average Bonchev–Trinajstić information content (AvgIpc) is 2.26. The van der Waals surface area contributed by atoms with Gasteiger partial charge < -0.3 is 5.73 Å². The Hall–Kier alpha value is -1.11. The number of sulfonamides is 1. The first-order valence-corrected chi connectivity index (χ1v) is 7.41. The van der Waals surface area contributed by atoms with Crippen LogP contribution in [0, 0.1) is 0 Å². The van der Waals surface area contributed by atoms with Gasteiger partial charge in [-0.2, -0.15) is 0 Å². The highest BCUT2D eigenvalue weighted by Crippen LogP contribution is 2.25. The molecule has 0 bridgehead atoms. The number of anilines is 1. The van der Waals surface area contributed by atoms with Gasteiger partial charge in [-0.3, -0.25) is 0 Å². The molecular formula is C12H21N3O2S. The number of hydrazine groups is 1. The third-order valence-electron chi connectivity index (χ3n) is 2.66. The summed E-state index contributed by atoms with van der Waals surface area (Å²) in [5.41, 5.74) is 8.06. The number of nitrogens with one attached hydrogen (secondary N) is 1. The summed E-state index contributed by atoms with van der Waals surface area (Å²) >= 11 is 0. The minimum atomic E-state index is -3.56. The molecule has 18 heavy (non-hydrogen) atoms. The van der Waals surface area contributed by atoms with Crippen molar-refractivity contribution in [2.24, 2.45) is 0 Å². The molecule has 0 saturated carbocycles. The monoisotopic (exact) mass is 271 g/mol. The number of nitrogens with two attached hydrogens (primary N) is 1. The maximum atomic E-state index is 12.2. The molecule has 0 radical (unpaired) electrons. The summed E-state index contributed by atoms with van der Waals surface area (Å²) in [6.45, 7) is 3.86. The van der Waals surface area contributed by atoms with Crippen LogP contribution in [0.5, 0.6) is 0 Å². The zero-order valence-electron chi connectivity index (χ0n) is 11.3. The highest BCUT2D eigenvalue weighted by atomic mass is 32.2. The summed E-state index contributed by atoms with van der Waals surface area (Å²) < 4.78 is 24.5. The molecule has 102 valence electrons. The zero-order chi connectivity index (χ0) is 13.9. The molecule has 5 nitrogen and oxygen atoms in total. The molecule has 1 rings (SSSR count). The van der Waals surface area contributed by atoms with Gasteiger partial charge in [0.1, 0.15) is 0 Å². The molecule has 1 aromatic carbocycles. The fourth-order valence-corrected chi connectivity index (χ4v) is 3.31. The number of aryl methyl sites for hydroxylation is 1. The molecule has 0 unspecified atom stereocenters. The molecule has 0 amide bonds. The van der Waals surface area contributed by atoms with Gasteiger partial charge in [0.2, 0.25) is 0 Å². The van der Waals surface area contributed by atoms with Crippen molar-refractivity contribution in [1.82, 2.24) is 9.84 Å². The van der Waals surface area contributed by atoms with Crippen molar-refractivity contribution in [2.75, 3.05) is 19.8 Å². The van der Waals surface area contributed by atoms with Crippen molar-refractivity contribution in [3.05, 3.63) is 23.3 Å². The second kappa shape index (κ2) is 5.69. The van der Waals surface area contributed by atoms with Gasteiger partial charge in [0.05, 0.1) is 4.90 Å². The molecule has 3 N–H and O–H groups in total. The van der Waals surface area contributed by atoms with Crippen LogP contribution < -0.4 is 10.6 Å². The third-order valence-corrected chi connectivity index (χ3v) is 4.21. The zero-order valence-corrected chi connectivity index (χ0v) is 12.1. The minimum Gasteiger partial charge on any atom is -0.398 e. The van der Waals surface area contributed by atoms with E-state index < -0.39 is 10.0 Å². The molecular weight excluding hydrogens is 250 g/mol. The first kappa shape index (κ1) is 14.9. The number of rotatable bonds is 5. The van der Waals surface area contributed by atoms with Crippen LogP contribution >= 0.6 is 0 Å². The van der Waals surface area contributed by atoms with E-state index in [0.717, 1.165) is 12.0 Å². The SMILES string of the molecule is CCc1cc(N)c(CC)c(S(=O)(=O)NN(C)C)c1.